The molecule has 1 fully saturated rings. The lowest BCUT2D eigenvalue weighted by Gasteiger charge is -2.36. The molecule has 6 nitrogen and oxygen atoms in total. The topological polar surface area (TPSA) is 73.2 Å². The summed E-state index contributed by atoms with van der Waals surface area (Å²) in [5.41, 5.74) is 7.14. The molecule has 39 heavy (non-hydrogen) atoms. The molecule has 3 aromatic rings. The highest BCUT2D eigenvalue weighted by atomic mass is 35.5. The van der Waals surface area contributed by atoms with E-state index < -0.39 is 5.97 Å². The van der Waals surface area contributed by atoms with Gasteiger partial charge in [-0.15, -0.1) is 0 Å². The molecular formula is C32H34ClN3O3. The van der Waals surface area contributed by atoms with Crippen LogP contribution in [0.4, 0.5) is 11.4 Å². The summed E-state index contributed by atoms with van der Waals surface area (Å²) >= 11 is 6.12. The fraction of sp³-hybridized carbons (Fsp3) is 0.344. The van der Waals surface area contributed by atoms with E-state index in [0.29, 0.717) is 30.1 Å². The van der Waals surface area contributed by atoms with E-state index in [0.717, 1.165) is 54.9 Å². The molecule has 0 bridgehead atoms. The van der Waals surface area contributed by atoms with Crippen LogP contribution in [-0.2, 0) is 11.2 Å². The van der Waals surface area contributed by atoms with Gasteiger partial charge in [-0.1, -0.05) is 42.3 Å². The summed E-state index contributed by atoms with van der Waals surface area (Å²) in [4.78, 5) is 33.8. The summed E-state index contributed by atoms with van der Waals surface area (Å²) in [6, 6.07) is 22.1. The van der Waals surface area contributed by atoms with E-state index in [1.807, 2.05) is 47.4 Å². The van der Waals surface area contributed by atoms with Crippen LogP contribution < -0.4 is 4.90 Å². The highest BCUT2D eigenvalue weighted by Gasteiger charge is 2.27. The molecule has 7 heteroatoms. The number of hydrogen-bond donors (Lipinski definition) is 1. The predicted octanol–water partition coefficient (Wildman–Crippen LogP) is 6.55. The molecule has 1 amide bonds. The van der Waals surface area contributed by atoms with Gasteiger partial charge in [-0.2, -0.15) is 0 Å². The first-order valence-corrected chi connectivity index (χ1v) is 14.1. The zero-order valence-electron chi connectivity index (χ0n) is 22.3. The average Bonchev–Trinajstić information content (AvgIpc) is 2.94. The molecule has 202 valence electrons. The number of carboxylic acids is 1. The van der Waals surface area contributed by atoms with Gasteiger partial charge in [0.15, 0.2) is 0 Å². The normalized spacial score (nSPS) is 17.0. The van der Waals surface area contributed by atoms with Gasteiger partial charge in [0.05, 0.1) is 11.4 Å². The minimum atomic E-state index is -0.765. The Kier molecular flexibility index (Phi) is 8.32. The number of carbonyl (C=O) groups is 2. The van der Waals surface area contributed by atoms with E-state index >= 15 is 0 Å². The van der Waals surface area contributed by atoms with Crippen LogP contribution in [0.2, 0.25) is 5.02 Å². The molecule has 1 atom stereocenters. The number of anilines is 1. The summed E-state index contributed by atoms with van der Waals surface area (Å²) in [6.07, 6.45) is 3.23. The number of carboxylic acid groups (broad SMARTS) is 1. The number of aryl methyl sites for hydroxylation is 1. The number of nitrogens with zero attached hydrogens (tertiary/aromatic N) is 3. The third-order valence-electron chi connectivity index (χ3n) is 7.69. The summed E-state index contributed by atoms with van der Waals surface area (Å²) in [5, 5.41) is 9.71. The van der Waals surface area contributed by atoms with Crippen LogP contribution in [0.25, 0.3) is 0 Å². The lowest BCUT2D eigenvalue weighted by Crippen LogP contribution is -2.48. The zero-order valence-corrected chi connectivity index (χ0v) is 23.0. The fourth-order valence-corrected chi connectivity index (χ4v) is 5.70. The first-order chi connectivity index (χ1) is 18.9. The van der Waals surface area contributed by atoms with Gasteiger partial charge in [0.1, 0.15) is 0 Å². The minimum absolute atomic E-state index is 0.0622. The number of unbranched alkanes of at least 4 members (excludes halogenated alkanes) is 1. The third kappa shape index (κ3) is 6.51. The van der Waals surface area contributed by atoms with Gasteiger partial charge in [-0.25, -0.2) is 0 Å². The summed E-state index contributed by atoms with van der Waals surface area (Å²) in [5.74, 6) is -0.554. The molecule has 0 aromatic heterocycles. The van der Waals surface area contributed by atoms with E-state index in [9.17, 15) is 9.59 Å². The number of carbonyl (C=O) groups excluding carboxylic acids is 1. The second kappa shape index (κ2) is 12.0. The third-order valence-corrected chi connectivity index (χ3v) is 7.94. The van der Waals surface area contributed by atoms with Crippen LogP contribution in [0.15, 0.2) is 71.7 Å². The zero-order chi connectivity index (χ0) is 27.4. The molecule has 0 spiro atoms. The van der Waals surface area contributed by atoms with Crippen molar-refractivity contribution in [3.63, 3.8) is 0 Å². The molecule has 1 saturated heterocycles. The maximum atomic E-state index is 13.5. The number of hydrogen-bond acceptors (Lipinski definition) is 4. The maximum Gasteiger partial charge on any atom is 0.303 e. The molecule has 2 aliphatic rings. The van der Waals surface area contributed by atoms with E-state index in [4.69, 9.17) is 21.7 Å². The van der Waals surface area contributed by atoms with Crippen molar-refractivity contribution in [2.24, 2.45) is 10.9 Å². The molecule has 2 aliphatic heterocycles. The van der Waals surface area contributed by atoms with E-state index in [1.165, 1.54) is 11.3 Å². The Labute approximate surface area is 234 Å². The summed E-state index contributed by atoms with van der Waals surface area (Å²) < 4.78 is 0. The molecule has 2 heterocycles. The number of halogens is 1. The second-order valence-electron chi connectivity index (χ2n) is 10.5. The van der Waals surface area contributed by atoms with Gasteiger partial charge in [-0.3, -0.25) is 14.6 Å². The molecule has 1 unspecified atom stereocenters. The summed E-state index contributed by atoms with van der Waals surface area (Å²) in [6.45, 7) is 5.10. The Morgan fingerprint density at radius 1 is 0.974 bits per heavy atom. The van der Waals surface area contributed by atoms with Crippen molar-refractivity contribution in [2.75, 3.05) is 31.1 Å². The number of benzene rings is 3. The van der Waals surface area contributed by atoms with Gasteiger partial charge in [0.25, 0.3) is 5.91 Å². The summed E-state index contributed by atoms with van der Waals surface area (Å²) in [7, 11) is 0. The average molecular weight is 544 g/mol. The van der Waals surface area contributed by atoms with Crippen molar-refractivity contribution in [3.05, 3.63) is 94.0 Å². The Bertz CT molecular complexity index is 1380. The monoisotopic (exact) mass is 543 g/mol. The molecule has 0 saturated carbocycles. The van der Waals surface area contributed by atoms with Crippen molar-refractivity contribution in [2.45, 2.75) is 39.0 Å². The molecule has 5 rings (SSSR count). The van der Waals surface area contributed by atoms with Crippen LogP contribution in [0.3, 0.4) is 0 Å². The number of aliphatic imine (C=N–C) groups is 1. The molecule has 0 radical (unpaired) electrons. The van der Waals surface area contributed by atoms with Gasteiger partial charge in [-0.05, 0) is 85.3 Å². The lowest BCUT2D eigenvalue weighted by atomic mass is 9.83. The van der Waals surface area contributed by atoms with Crippen molar-refractivity contribution in [3.8, 4) is 0 Å². The van der Waals surface area contributed by atoms with Crippen LogP contribution in [-0.4, -0.2) is 53.8 Å². The van der Waals surface area contributed by atoms with Crippen LogP contribution in [0.1, 0.15) is 52.7 Å². The number of piperazine rings is 1. The highest BCUT2D eigenvalue weighted by molar-refractivity contribution is 6.30. The Hall–Kier alpha value is -3.64. The number of aliphatic carboxylic acids is 1. The van der Waals surface area contributed by atoms with Crippen LogP contribution >= 0.6 is 11.6 Å². The quantitative estimate of drug-likeness (QED) is 0.327. The maximum absolute atomic E-state index is 13.5. The Morgan fingerprint density at radius 2 is 1.74 bits per heavy atom. The van der Waals surface area contributed by atoms with E-state index in [-0.39, 0.29) is 18.2 Å². The Balaban J connectivity index is 1.31. The Morgan fingerprint density at radius 3 is 2.46 bits per heavy atom. The van der Waals surface area contributed by atoms with Crippen molar-refractivity contribution < 1.29 is 14.7 Å². The molecule has 3 aromatic carbocycles. The van der Waals surface area contributed by atoms with Gasteiger partial charge < -0.3 is 14.9 Å². The molecule has 1 N–H and O–H groups in total. The largest absolute Gasteiger partial charge is 0.481 e. The van der Waals surface area contributed by atoms with E-state index in [1.54, 1.807) is 0 Å². The SMILES string of the molecule is Cc1cccc(N2CCN(C(=O)c3ccc4c(c3)CC(CCCCC(=O)O)C(c3ccc(Cl)cc3)=N4)CC2)c1. The van der Waals surface area contributed by atoms with Crippen LogP contribution in [0.5, 0.6) is 0 Å². The standard InChI is InChI=1S/C32H34ClN3O3/c1-22-5-4-7-28(19-22)35-15-17-36(18-16-35)32(39)25-11-14-29-26(21-25)20-24(6-2-3-8-30(37)38)31(34-29)23-9-12-27(33)13-10-23/h4-5,7,9-14,19,21,24H,2-3,6,8,15-18,20H2,1H3,(H,37,38). The van der Waals surface area contributed by atoms with Gasteiger partial charge in [0, 0.05) is 54.8 Å². The minimum Gasteiger partial charge on any atom is -0.481 e. The first-order valence-electron chi connectivity index (χ1n) is 13.7. The lowest BCUT2D eigenvalue weighted by molar-refractivity contribution is -0.137. The number of rotatable bonds is 8. The molecule has 0 aliphatic carbocycles. The number of amides is 1. The van der Waals surface area contributed by atoms with E-state index in [2.05, 4.69) is 36.1 Å². The highest BCUT2D eigenvalue weighted by Crippen LogP contribution is 2.34. The van der Waals surface area contributed by atoms with Gasteiger partial charge >= 0.3 is 5.97 Å². The molecular weight excluding hydrogens is 510 g/mol. The first kappa shape index (κ1) is 26.9. The predicted molar refractivity (Wildman–Crippen MR) is 157 cm³/mol. The second-order valence-corrected chi connectivity index (χ2v) is 10.9. The van der Waals surface area contributed by atoms with Crippen molar-refractivity contribution >= 4 is 40.6 Å². The van der Waals surface area contributed by atoms with Crippen LogP contribution in [0, 0.1) is 12.8 Å². The number of fused-ring (bicyclic) bond motifs is 1. The van der Waals surface area contributed by atoms with Crippen molar-refractivity contribution in [1.29, 1.82) is 0 Å². The smallest absolute Gasteiger partial charge is 0.303 e. The van der Waals surface area contributed by atoms with Gasteiger partial charge in [0.2, 0.25) is 0 Å². The van der Waals surface area contributed by atoms with Crippen molar-refractivity contribution in [1.82, 2.24) is 4.90 Å². The fourth-order valence-electron chi connectivity index (χ4n) is 5.58.